The molecule has 1 aromatic carbocycles. The Kier molecular flexibility index (Phi) is 8.66. The first-order chi connectivity index (χ1) is 22.4. The van der Waals surface area contributed by atoms with E-state index in [-0.39, 0.29) is 28.8 Å². The summed E-state index contributed by atoms with van der Waals surface area (Å²) < 4.78 is 5.87. The molecular formula is C39H55N5O2S. The van der Waals surface area contributed by atoms with E-state index in [1.165, 1.54) is 62.0 Å². The molecule has 2 heterocycles. The van der Waals surface area contributed by atoms with E-state index < -0.39 is 0 Å². The summed E-state index contributed by atoms with van der Waals surface area (Å²) >= 11 is 1.51. The van der Waals surface area contributed by atoms with Crippen LogP contribution in [0.25, 0.3) is 21.5 Å². The first-order valence-electron chi connectivity index (χ1n) is 18.4. The van der Waals surface area contributed by atoms with Crippen LogP contribution >= 0.6 is 11.3 Å². The number of benzene rings is 1. The molecule has 1 N–H and O–H groups in total. The molecule has 0 amide bonds. The number of carbonyl (C=O) groups excluding carboxylic acids is 1. The molecular weight excluding hydrogens is 603 g/mol. The van der Waals surface area contributed by atoms with Gasteiger partial charge in [-0.15, -0.1) is 0 Å². The van der Waals surface area contributed by atoms with Gasteiger partial charge in [0.2, 0.25) is 5.13 Å². The van der Waals surface area contributed by atoms with Crippen LogP contribution in [0.3, 0.4) is 0 Å². The van der Waals surface area contributed by atoms with Crippen molar-refractivity contribution in [2.45, 2.75) is 125 Å². The Morgan fingerprint density at radius 1 is 0.957 bits per heavy atom. The molecule has 3 aromatic rings. The number of para-hydroxylation sites is 2. The molecule has 4 saturated carbocycles. The smallest absolute Gasteiger partial charge is 0.302 e. The van der Waals surface area contributed by atoms with E-state index in [2.05, 4.69) is 47.0 Å². The minimum Gasteiger partial charge on any atom is -0.463 e. The van der Waals surface area contributed by atoms with Gasteiger partial charge in [0.1, 0.15) is 6.10 Å². The van der Waals surface area contributed by atoms with Gasteiger partial charge < -0.3 is 4.74 Å². The Morgan fingerprint density at radius 2 is 1.68 bits per heavy atom. The van der Waals surface area contributed by atoms with Crippen LogP contribution in [0.1, 0.15) is 119 Å². The van der Waals surface area contributed by atoms with E-state index in [1.54, 1.807) is 6.92 Å². The highest BCUT2D eigenvalue weighted by Crippen LogP contribution is 2.72. The van der Waals surface area contributed by atoms with E-state index in [0.717, 1.165) is 64.4 Å². The van der Waals surface area contributed by atoms with E-state index >= 15 is 0 Å². The molecule has 0 bridgehead atoms. The Balaban J connectivity index is 1.20. The molecule has 8 heteroatoms. The normalized spacial score (nSPS) is 36.7. The number of rotatable bonds is 8. The maximum absolute atomic E-state index is 12.1. The molecule has 4 fully saturated rings. The molecule has 47 heavy (non-hydrogen) atoms. The second-order valence-corrected chi connectivity index (χ2v) is 17.9. The zero-order valence-corrected chi connectivity index (χ0v) is 30.5. The summed E-state index contributed by atoms with van der Waals surface area (Å²) in [6.07, 6.45) is 13.2. The molecule has 0 saturated heterocycles. The number of nitrogens with zero attached hydrogens (tertiary/aromatic N) is 4. The average molecular weight is 658 g/mol. The minimum atomic E-state index is -0.175. The van der Waals surface area contributed by atoms with Crippen molar-refractivity contribution >= 4 is 49.7 Å². The van der Waals surface area contributed by atoms with Crippen LogP contribution in [-0.2, 0) is 9.53 Å². The van der Waals surface area contributed by atoms with Gasteiger partial charge in [0.15, 0.2) is 10.5 Å². The summed E-state index contributed by atoms with van der Waals surface area (Å²) in [4.78, 5) is 27.3. The molecule has 4 aliphatic carbocycles. The summed E-state index contributed by atoms with van der Waals surface area (Å²) in [5.41, 5.74) is 7.75. The number of carbonyl (C=O) groups is 1. The fourth-order valence-electron chi connectivity index (χ4n) is 11.7. The van der Waals surface area contributed by atoms with Crippen LogP contribution in [-0.4, -0.2) is 32.7 Å². The van der Waals surface area contributed by atoms with Crippen LogP contribution in [0.4, 0.5) is 5.13 Å². The number of hydrogen-bond acceptors (Lipinski definition) is 8. The Labute approximate surface area is 285 Å². The molecule has 2 aromatic heterocycles. The van der Waals surface area contributed by atoms with Crippen molar-refractivity contribution in [3.8, 4) is 0 Å². The second-order valence-electron chi connectivity index (χ2n) is 17.0. The van der Waals surface area contributed by atoms with Gasteiger partial charge in [0.05, 0.1) is 11.0 Å². The Hall–Kier alpha value is -2.61. The summed E-state index contributed by atoms with van der Waals surface area (Å²) in [7, 11) is 0. The minimum absolute atomic E-state index is 0.0418. The van der Waals surface area contributed by atoms with Crippen molar-refractivity contribution < 1.29 is 9.53 Å². The van der Waals surface area contributed by atoms with Gasteiger partial charge in [-0.3, -0.25) is 10.2 Å². The highest BCUT2D eigenvalue weighted by atomic mass is 32.1. The van der Waals surface area contributed by atoms with Crippen molar-refractivity contribution in [2.75, 3.05) is 5.43 Å². The number of hydrogen-bond donors (Lipinski definition) is 1. The van der Waals surface area contributed by atoms with Crippen LogP contribution in [0.5, 0.6) is 0 Å². The second kappa shape index (κ2) is 12.4. The Morgan fingerprint density at radius 3 is 2.43 bits per heavy atom. The van der Waals surface area contributed by atoms with Gasteiger partial charge in [-0.25, -0.2) is 9.97 Å². The maximum Gasteiger partial charge on any atom is 0.302 e. The lowest BCUT2D eigenvalue weighted by atomic mass is 9.39. The molecule has 0 spiro atoms. The fraction of sp³-hybridized carbons (Fsp3) is 0.718. The first-order valence-corrected chi connectivity index (χ1v) is 19.3. The quantitative estimate of drug-likeness (QED) is 0.192. The third-order valence-electron chi connectivity index (χ3n) is 13.7. The van der Waals surface area contributed by atoms with Crippen molar-refractivity contribution in [1.82, 2.24) is 15.0 Å². The number of anilines is 1. The number of ether oxygens (including phenoxy) is 1. The predicted octanol–water partition coefficient (Wildman–Crippen LogP) is 10.1. The Bertz CT molecular complexity index is 1620. The van der Waals surface area contributed by atoms with Crippen molar-refractivity contribution in [3.05, 3.63) is 24.3 Å². The maximum atomic E-state index is 12.1. The number of hydrazone groups is 1. The molecule has 0 unspecified atom stereocenters. The molecule has 0 aliphatic heterocycles. The van der Waals surface area contributed by atoms with Gasteiger partial charge in [-0.2, -0.15) is 10.1 Å². The lowest BCUT2D eigenvalue weighted by Crippen LogP contribution is -2.62. The topological polar surface area (TPSA) is 89.4 Å². The summed E-state index contributed by atoms with van der Waals surface area (Å²) in [6, 6.07) is 7.95. The van der Waals surface area contributed by atoms with Crippen LogP contribution < -0.4 is 5.43 Å². The van der Waals surface area contributed by atoms with Gasteiger partial charge in [0, 0.05) is 18.6 Å². The molecule has 0 radical (unpaired) electrons. The highest BCUT2D eigenvalue weighted by Gasteiger charge is 2.66. The zero-order valence-electron chi connectivity index (χ0n) is 29.6. The molecule has 254 valence electrons. The van der Waals surface area contributed by atoms with Gasteiger partial charge >= 0.3 is 5.97 Å². The van der Waals surface area contributed by atoms with E-state index in [1.807, 2.05) is 24.3 Å². The standard InChI is InChI=1S/C39H55N5O2S/c1-23(2)11-10-12-24(3)27-15-16-32-37(27,5)20-18-33-38(6)19-17-26(46-25(4)45)21-28(38)31(22-39(32,33)7)43-44-36-42-34-35(47-36)41-30-14-9-8-13-29(30)40-34/h8-9,13-14,23-24,26-28,32-33H,10-12,15-22H2,1-7H3,(H,40,42,44)/b43-31-/t24-,26+,27-,28-,32-,33-,37-,38+,39+/m1/s1. The lowest BCUT2D eigenvalue weighted by molar-refractivity contribution is -0.161. The monoisotopic (exact) mass is 657 g/mol. The predicted molar refractivity (Wildman–Crippen MR) is 192 cm³/mol. The molecule has 7 rings (SSSR count). The van der Waals surface area contributed by atoms with E-state index in [0.29, 0.717) is 22.9 Å². The van der Waals surface area contributed by atoms with Crippen molar-refractivity contribution in [1.29, 1.82) is 0 Å². The number of nitrogens with one attached hydrogen (secondary N) is 1. The number of aromatic nitrogens is 3. The summed E-state index contributed by atoms with van der Waals surface area (Å²) in [5.74, 6) is 3.82. The van der Waals surface area contributed by atoms with Gasteiger partial charge in [0.25, 0.3) is 0 Å². The third-order valence-corrected chi connectivity index (χ3v) is 14.6. The van der Waals surface area contributed by atoms with E-state index in [9.17, 15) is 4.79 Å². The molecule has 7 nitrogen and oxygen atoms in total. The number of fused-ring (bicyclic) bond motifs is 7. The zero-order chi connectivity index (χ0) is 33.1. The van der Waals surface area contributed by atoms with Gasteiger partial charge in [-0.05, 0) is 109 Å². The van der Waals surface area contributed by atoms with Gasteiger partial charge in [-0.1, -0.05) is 84.3 Å². The molecule has 9 atom stereocenters. The fourth-order valence-corrected chi connectivity index (χ4v) is 12.5. The first kappa shape index (κ1) is 32.9. The summed E-state index contributed by atoms with van der Waals surface area (Å²) in [5, 5.41) is 5.99. The SMILES string of the molecule is CC(=O)O[C@H]1CC[C@]2(C)[C@H]3CC[C@@]4(C)[C@@H](CC[C@@H]4[C@H](C)CCCC(C)C)[C@]3(C)C/C(=N/Nc3nc4nc5ccccc5nc4s3)[C@H]2C1. The third kappa shape index (κ3) is 5.78. The average Bonchev–Trinajstić information content (AvgIpc) is 3.59. The van der Waals surface area contributed by atoms with Crippen LogP contribution in [0.2, 0.25) is 0 Å². The summed E-state index contributed by atoms with van der Waals surface area (Å²) in [6.45, 7) is 16.7. The number of esters is 1. The lowest BCUT2D eigenvalue weighted by Gasteiger charge is -2.66. The van der Waals surface area contributed by atoms with Crippen molar-refractivity contribution in [2.24, 2.45) is 56.9 Å². The van der Waals surface area contributed by atoms with Crippen molar-refractivity contribution in [3.63, 3.8) is 0 Å². The van der Waals surface area contributed by atoms with E-state index in [4.69, 9.17) is 24.8 Å². The number of thiazole rings is 1. The van der Waals surface area contributed by atoms with Crippen LogP contribution in [0, 0.1) is 51.8 Å². The van der Waals surface area contributed by atoms with Crippen LogP contribution in [0.15, 0.2) is 29.4 Å². The largest absolute Gasteiger partial charge is 0.463 e. The highest BCUT2D eigenvalue weighted by molar-refractivity contribution is 7.21. The molecule has 4 aliphatic rings.